The summed E-state index contributed by atoms with van der Waals surface area (Å²) in [6.45, 7) is 6.26. The fourth-order valence-corrected chi connectivity index (χ4v) is 6.98. The number of Topliss-reactive ketones (excluding diaryl/α,β-unsaturated/α-hetero) is 2. The molecule has 48 heavy (non-hydrogen) atoms. The first-order valence-corrected chi connectivity index (χ1v) is 16.9. The quantitative estimate of drug-likeness (QED) is 0.117. The number of hydrogen-bond donors (Lipinski definition) is 0. The van der Waals surface area contributed by atoms with Gasteiger partial charge >= 0.3 is 0 Å². The molecule has 1 amide bonds. The van der Waals surface area contributed by atoms with Gasteiger partial charge in [0.2, 0.25) is 5.91 Å². The first-order valence-electron chi connectivity index (χ1n) is 16.1. The molecular weight excluding hydrogens is 631 g/mol. The predicted molar refractivity (Wildman–Crippen MR) is 183 cm³/mol. The number of carbonyl (C=O) groups excluding carboxylic acids is 3. The Bertz CT molecular complexity index is 1980. The minimum Gasteiger partial charge on any atom is -0.453 e. The largest absolute Gasteiger partial charge is 0.453 e. The third kappa shape index (κ3) is 7.06. The van der Waals surface area contributed by atoms with Crippen molar-refractivity contribution in [2.75, 3.05) is 0 Å². The lowest BCUT2D eigenvalue weighted by Crippen LogP contribution is -2.36. The van der Waals surface area contributed by atoms with Crippen molar-refractivity contribution in [3.63, 3.8) is 0 Å². The van der Waals surface area contributed by atoms with Gasteiger partial charge in [-0.15, -0.1) is 11.3 Å². The van der Waals surface area contributed by atoms with E-state index >= 15 is 4.39 Å². The van der Waals surface area contributed by atoms with Crippen LogP contribution in [0.1, 0.15) is 56.7 Å². The van der Waals surface area contributed by atoms with Gasteiger partial charge in [-0.1, -0.05) is 49.4 Å². The molecule has 5 aromatic rings. The second-order valence-electron chi connectivity index (χ2n) is 12.5. The van der Waals surface area contributed by atoms with E-state index in [4.69, 9.17) is 4.74 Å². The zero-order valence-electron chi connectivity index (χ0n) is 27.1. The summed E-state index contributed by atoms with van der Waals surface area (Å²) in [6, 6.07) is 22.0. The molecule has 6 rings (SSSR count). The summed E-state index contributed by atoms with van der Waals surface area (Å²) in [4.78, 5) is 45.7. The SMILES string of the molecule is CC[C@H](C)N(Cc1ccc(-c2cc3nccc(Oc4ccc(CC(=O)C5(C(=O)Cc6ccc(F)cc6)CC5)cc4F)c3s2)cc1)C(C)=O. The molecule has 0 spiro atoms. The smallest absolute Gasteiger partial charge is 0.219 e. The molecule has 6 nitrogen and oxygen atoms in total. The van der Waals surface area contributed by atoms with E-state index in [0.717, 1.165) is 32.6 Å². The van der Waals surface area contributed by atoms with Gasteiger partial charge in [0, 0.05) is 49.5 Å². The highest BCUT2D eigenvalue weighted by Gasteiger charge is 2.54. The molecule has 0 bridgehead atoms. The normalized spacial score (nSPS) is 14.0. The summed E-state index contributed by atoms with van der Waals surface area (Å²) in [5, 5.41) is 0. The van der Waals surface area contributed by atoms with Crippen LogP contribution in [0, 0.1) is 17.0 Å². The second kappa shape index (κ2) is 13.8. The van der Waals surface area contributed by atoms with Crippen LogP contribution in [0.15, 0.2) is 85.1 Å². The summed E-state index contributed by atoms with van der Waals surface area (Å²) in [5.41, 5.74) is 2.82. The Morgan fingerprint density at radius 1 is 0.875 bits per heavy atom. The van der Waals surface area contributed by atoms with Crippen LogP contribution in [0.3, 0.4) is 0 Å². The van der Waals surface area contributed by atoms with Gasteiger partial charge in [0.1, 0.15) is 11.6 Å². The molecule has 0 aliphatic heterocycles. The Labute approximate surface area is 282 Å². The Kier molecular flexibility index (Phi) is 9.51. The number of ketones is 2. The minimum absolute atomic E-state index is 0.0165. The second-order valence-corrected chi connectivity index (χ2v) is 13.6. The van der Waals surface area contributed by atoms with Gasteiger partial charge in [0.05, 0.1) is 15.6 Å². The van der Waals surface area contributed by atoms with Gasteiger partial charge in [-0.25, -0.2) is 8.78 Å². The highest BCUT2D eigenvalue weighted by Crippen LogP contribution is 2.49. The maximum atomic E-state index is 15.3. The van der Waals surface area contributed by atoms with E-state index < -0.39 is 11.2 Å². The first kappa shape index (κ1) is 33.2. The number of hydrogen-bond acceptors (Lipinski definition) is 6. The number of halogens is 2. The topological polar surface area (TPSA) is 76.6 Å². The highest BCUT2D eigenvalue weighted by atomic mass is 32.1. The Hall–Kier alpha value is -4.76. The highest BCUT2D eigenvalue weighted by molar-refractivity contribution is 7.22. The van der Waals surface area contributed by atoms with Gasteiger partial charge in [-0.05, 0) is 78.8 Å². The van der Waals surface area contributed by atoms with E-state index in [1.54, 1.807) is 37.4 Å². The molecule has 2 aromatic heterocycles. The molecule has 246 valence electrons. The number of nitrogens with zero attached hydrogens (tertiary/aromatic N) is 2. The molecule has 0 N–H and O–H groups in total. The van der Waals surface area contributed by atoms with Gasteiger partial charge < -0.3 is 9.64 Å². The van der Waals surface area contributed by atoms with Crippen LogP contribution >= 0.6 is 11.3 Å². The molecule has 3 aromatic carbocycles. The van der Waals surface area contributed by atoms with Crippen molar-refractivity contribution in [2.24, 2.45) is 5.41 Å². The molecule has 9 heteroatoms. The third-order valence-electron chi connectivity index (χ3n) is 9.17. The number of rotatable bonds is 13. The number of thiophene rings is 1. The summed E-state index contributed by atoms with van der Waals surface area (Å²) in [7, 11) is 0. The van der Waals surface area contributed by atoms with Crippen molar-refractivity contribution < 1.29 is 27.9 Å². The van der Waals surface area contributed by atoms with Crippen LogP contribution in [0.5, 0.6) is 11.5 Å². The van der Waals surface area contributed by atoms with Gasteiger partial charge in [-0.3, -0.25) is 19.4 Å². The summed E-state index contributed by atoms with van der Waals surface area (Å²) in [5.74, 6) is -0.887. The number of amides is 1. The van der Waals surface area contributed by atoms with Crippen LogP contribution in [0.25, 0.3) is 20.7 Å². The Morgan fingerprint density at radius 2 is 1.52 bits per heavy atom. The van der Waals surface area contributed by atoms with Crippen molar-refractivity contribution in [2.45, 2.75) is 65.5 Å². The number of benzene rings is 3. The molecule has 1 aliphatic carbocycles. The van der Waals surface area contributed by atoms with Crippen LogP contribution in [0.4, 0.5) is 8.78 Å². The standard InChI is InChI=1S/C39H36F2N2O4S/c1-4-24(2)43(25(3)44)23-27-5-10-29(11-6-27)35-22-32-38(48-35)34(15-18-42-32)47-33-14-9-28(19-31(33)41)21-37(46)39(16-17-39)36(45)20-26-7-12-30(40)13-8-26/h5-15,18-19,22,24H,4,16-17,20-21,23H2,1-3H3/t24-/m0/s1. The predicted octanol–water partition coefficient (Wildman–Crippen LogP) is 8.88. The van der Waals surface area contributed by atoms with Crippen molar-refractivity contribution >= 4 is 39.0 Å². The van der Waals surface area contributed by atoms with Crippen molar-refractivity contribution in [3.05, 3.63) is 113 Å². The monoisotopic (exact) mass is 666 g/mol. The van der Waals surface area contributed by atoms with E-state index in [2.05, 4.69) is 11.9 Å². The Morgan fingerprint density at radius 3 is 2.15 bits per heavy atom. The van der Waals surface area contributed by atoms with Gasteiger partial charge in [0.15, 0.2) is 23.1 Å². The molecule has 0 saturated heterocycles. The average molecular weight is 667 g/mol. The summed E-state index contributed by atoms with van der Waals surface area (Å²) >= 11 is 1.49. The number of carbonyl (C=O) groups is 3. The Balaban J connectivity index is 1.13. The molecular formula is C39H36F2N2O4S. The summed E-state index contributed by atoms with van der Waals surface area (Å²) < 4.78 is 35.4. The lowest BCUT2D eigenvalue weighted by Gasteiger charge is -2.27. The number of fused-ring (bicyclic) bond motifs is 1. The van der Waals surface area contributed by atoms with Crippen LogP contribution < -0.4 is 4.74 Å². The van der Waals surface area contributed by atoms with E-state index in [1.165, 1.54) is 35.6 Å². The number of aromatic nitrogens is 1. The number of ether oxygens (including phenoxy) is 1. The molecule has 1 aliphatic rings. The van der Waals surface area contributed by atoms with Crippen LogP contribution in [0.2, 0.25) is 0 Å². The van der Waals surface area contributed by atoms with E-state index in [1.807, 2.05) is 42.2 Å². The van der Waals surface area contributed by atoms with Crippen molar-refractivity contribution in [3.8, 4) is 21.9 Å². The molecule has 1 fully saturated rings. The fraction of sp³-hybridized carbons (Fsp3) is 0.282. The van der Waals surface area contributed by atoms with Gasteiger partial charge in [0.25, 0.3) is 0 Å². The fourth-order valence-electron chi connectivity index (χ4n) is 5.91. The molecule has 1 atom stereocenters. The van der Waals surface area contributed by atoms with E-state index in [0.29, 0.717) is 36.3 Å². The van der Waals surface area contributed by atoms with Crippen molar-refractivity contribution in [1.82, 2.24) is 9.88 Å². The maximum Gasteiger partial charge on any atom is 0.219 e. The summed E-state index contributed by atoms with van der Waals surface area (Å²) in [6.07, 6.45) is 3.43. The minimum atomic E-state index is -1.05. The van der Waals surface area contributed by atoms with Crippen LogP contribution in [-0.4, -0.2) is 33.4 Å². The molecule has 2 heterocycles. The van der Waals surface area contributed by atoms with E-state index in [9.17, 15) is 18.8 Å². The zero-order chi connectivity index (χ0) is 34.0. The van der Waals surface area contributed by atoms with Gasteiger partial charge in [-0.2, -0.15) is 0 Å². The lowest BCUT2D eigenvalue weighted by molar-refractivity contribution is -0.134. The van der Waals surface area contributed by atoms with Crippen LogP contribution in [-0.2, 0) is 33.8 Å². The number of pyridine rings is 1. The molecule has 0 radical (unpaired) electrons. The molecule has 1 saturated carbocycles. The lowest BCUT2D eigenvalue weighted by atomic mass is 9.88. The van der Waals surface area contributed by atoms with Crippen molar-refractivity contribution in [1.29, 1.82) is 0 Å². The maximum absolute atomic E-state index is 15.3. The first-order chi connectivity index (χ1) is 23.1. The molecule has 0 unspecified atom stereocenters. The third-order valence-corrected chi connectivity index (χ3v) is 10.4. The van der Waals surface area contributed by atoms with E-state index in [-0.39, 0.29) is 47.9 Å². The zero-order valence-corrected chi connectivity index (χ0v) is 27.9. The average Bonchev–Trinajstić information content (AvgIpc) is 3.78.